The number of rotatable bonds is 31. The third kappa shape index (κ3) is 64.7. The molecule has 270 valence electrons. The second kappa shape index (κ2) is 45.0. The first kappa shape index (κ1) is 50.7. The van der Waals surface area contributed by atoms with E-state index in [1.165, 1.54) is 199 Å². The zero-order chi connectivity index (χ0) is 32.7. The number of hydrogen-bond donors (Lipinski definition) is 2. The Morgan fingerprint density at radius 1 is 0.455 bits per heavy atom. The molecule has 0 fully saturated rings. The number of halogens is 1. The summed E-state index contributed by atoms with van der Waals surface area (Å²) in [4.78, 5) is 9.00. The Hall–Kier alpha value is -0.130. The van der Waals surface area contributed by atoms with Crippen LogP contribution >= 0.6 is 17.0 Å². The number of nitrogens with zero attached hydrogens (tertiary/aromatic N) is 1. The summed E-state index contributed by atoms with van der Waals surface area (Å²) in [5.74, 6) is -0.833. The molecule has 0 atom stereocenters. The topological polar surface area (TPSA) is 63.3 Å². The summed E-state index contributed by atoms with van der Waals surface area (Å²) in [5, 5.41) is 7.42. The van der Waals surface area contributed by atoms with Gasteiger partial charge < -0.3 is 15.3 Å². The van der Waals surface area contributed by atoms with E-state index in [9.17, 15) is 0 Å². The normalized spacial score (nSPS) is 10.8. The van der Waals surface area contributed by atoms with E-state index >= 15 is 0 Å². The molecule has 0 aromatic rings. The molecule has 0 aliphatic heterocycles. The highest BCUT2D eigenvalue weighted by Gasteiger charge is 2.05. The van der Waals surface area contributed by atoms with Crippen molar-refractivity contribution in [3.63, 3.8) is 0 Å². The first-order valence-corrected chi connectivity index (χ1v) is 19.4. The number of hydrogen-bond acceptors (Lipinski definition) is 2. The molecule has 0 aromatic carbocycles. The Morgan fingerprint density at radius 3 is 0.818 bits per heavy atom. The number of nitrogens with two attached hydrogens (primary N) is 1. The molecular weight excluding hydrogens is 608 g/mol. The van der Waals surface area contributed by atoms with E-state index in [1.807, 2.05) is 0 Å². The van der Waals surface area contributed by atoms with Gasteiger partial charge in [0.1, 0.15) is 0 Å². The van der Waals surface area contributed by atoms with Crippen LogP contribution in [0.4, 0.5) is 0 Å². The van der Waals surface area contributed by atoms with Crippen LogP contribution in [-0.4, -0.2) is 49.8 Å². The van der Waals surface area contributed by atoms with Crippen molar-refractivity contribution in [3.8, 4) is 0 Å². The van der Waals surface area contributed by atoms with Crippen molar-refractivity contribution in [2.24, 2.45) is 5.73 Å². The summed E-state index contributed by atoms with van der Waals surface area (Å²) in [6.45, 7) is 7.87. The molecule has 5 heteroatoms. The molecule has 0 heterocycles. The summed E-state index contributed by atoms with van der Waals surface area (Å²) in [7, 11) is 6.89. The average molecular weight is 695 g/mol. The quantitative estimate of drug-likeness (QED) is 0.0561. The van der Waals surface area contributed by atoms with Gasteiger partial charge in [0.15, 0.2) is 0 Å². The predicted octanol–water partition coefficient (Wildman–Crippen LogP) is 13.0. The van der Waals surface area contributed by atoms with Crippen LogP contribution in [0, 0.1) is 0 Å². The molecule has 0 aliphatic rings. The monoisotopic (exact) mass is 694 g/mol. The Kier molecular flexibility index (Phi) is 51.9. The summed E-state index contributed by atoms with van der Waals surface area (Å²) in [5.41, 5.74) is 5.47. The van der Waals surface area contributed by atoms with Gasteiger partial charge in [0.25, 0.3) is 5.97 Å². The fourth-order valence-corrected chi connectivity index (χ4v) is 5.47. The van der Waals surface area contributed by atoms with Crippen LogP contribution in [0.1, 0.15) is 213 Å². The fourth-order valence-electron chi connectivity index (χ4n) is 5.47. The van der Waals surface area contributed by atoms with Gasteiger partial charge in [0.05, 0.1) is 27.7 Å². The zero-order valence-electron chi connectivity index (χ0n) is 31.4. The molecule has 4 nitrogen and oxygen atoms in total. The second-order valence-electron chi connectivity index (χ2n) is 14.2. The summed E-state index contributed by atoms with van der Waals surface area (Å²) < 4.78 is 1.12. The minimum absolute atomic E-state index is 0. The van der Waals surface area contributed by atoms with Crippen LogP contribution in [0.5, 0.6) is 0 Å². The van der Waals surface area contributed by atoms with E-state index in [0.29, 0.717) is 0 Å². The molecule has 3 N–H and O–H groups in total. The van der Waals surface area contributed by atoms with Gasteiger partial charge in [-0.3, -0.25) is 4.79 Å². The molecule has 0 aliphatic carbocycles. The minimum Gasteiger partial charge on any atom is -0.481 e. The maximum atomic E-state index is 9.00. The van der Waals surface area contributed by atoms with Gasteiger partial charge in [-0.25, -0.2) is 0 Å². The maximum Gasteiger partial charge on any atom is 0.300 e. The molecule has 0 bridgehead atoms. The lowest BCUT2D eigenvalue weighted by molar-refractivity contribution is -0.870. The van der Waals surface area contributed by atoms with Gasteiger partial charge in [0, 0.05) is 6.92 Å². The maximum absolute atomic E-state index is 9.00. The van der Waals surface area contributed by atoms with Crippen molar-refractivity contribution in [2.75, 3.05) is 34.2 Å². The predicted molar refractivity (Wildman–Crippen MR) is 205 cm³/mol. The average Bonchev–Trinajstić information content (AvgIpc) is 2.95. The fraction of sp³-hybridized carbons (Fsp3) is 0.974. The van der Waals surface area contributed by atoms with Gasteiger partial charge in [-0.15, -0.1) is 17.0 Å². The number of carboxylic acid groups (broad SMARTS) is 1. The molecule has 44 heavy (non-hydrogen) atoms. The lowest BCUT2D eigenvalue weighted by Crippen LogP contribution is -2.35. The molecule has 0 rings (SSSR count). The Morgan fingerprint density at radius 2 is 0.636 bits per heavy atom. The first-order chi connectivity index (χ1) is 20.7. The van der Waals surface area contributed by atoms with Gasteiger partial charge in [0.2, 0.25) is 0 Å². The van der Waals surface area contributed by atoms with Crippen molar-refractivity contribution >= 4 is 23.0 Å². The molecule has 0 radical (unpaired) electrons. The number of quaternary nitrogens is 1. The van der Waals surface area contributed by atoms with Gasteiger partial charge in [-0.1, -0.05) is 187 Å². The van der Waals surface area contributed by atoms with Crippen molar-refractivity contribution in [2.45, 2.75) is 213 Å². The SMILES string of the molecule is Br.CC(=O)O.CCCCCCCCCCCCCCCCCC[N+](C)(C)C.CCCCCCCCCCCCCCCCN. The minimum atomic E-state index is -0.833. The van der Waals surface area contributed by atoms with Gasteiger partial charge in [-0.2, -0.15) is 0 Å². The highest BCUT2D eigenvalue weighted by Crippen LogP contribution is 2.14. The van der Waals surface area contributed by atoms with Crippen LogP contribution in [0.15, 0.2) is 0 Å². The van der Waals surface area contributed by atoms with E-state index in [4.69, 9.17) is 15.6 Å². The molecule has 0 spiro atoms. The third-order valence-corrected chi connectivity index (χ3v) is 8.24. The third-order valence-electron chi connectivity index (χ3n) is 8.24. The lowest BCUT2D eigenvalue weighted by atomic mass is 10.0. The van der Waals surface area contributed by atoms with E-state index in [-0.39, 0.29) is 17.0 Å². The second-order valence-corrected chi connectivity index (χ2v) is 14.2. The van der Waals surface area contributed by atoms with Crippen LogP contribution in [0.3, 0.4) is 0 Å². The van der Waals surface area contributed by atoms with Gasteiger partial charge >= 0.3 is 0 Å². The van der Waals surface area contributed by atoms with Crippen LogP contribution < -0.4 is 5.73 Å². The van der Waals surface area contributed by atoms with E-state index in [0.717, 1.165) is 18.0 Å². The van der Waals surface area contributed by atoms with Crippen molar-refractivity contribution in [1.29, 1.82) is 0 Å². The van der Waals surface area contributed by atoms with Crippen molar-refractivity contribution < 1.29 is 14.4 Å². The number of carboxylic acids is 1. The Balaban J connectivity index is -0.000000324. The summed E-state index contributed by atoms with van der Waals surface area (Å²) in [6.07, 6.45) is 43.2. The van der Waals surface area contributed by atoms with Crippen molar-refractivity contribution in [1.82, 2.24) is 0 Å². The van der Waals surface area contributed by atoms with E-state index in [1.54, 1.807) is 0 Å². The molecular formula is C39H86BrN2O2+. The van der Waals surface area contributed by atoms with Crippen LogP contribution in [0.2, 0.25) is 0 Å². The van der Waals surface area contributed by atoms with E-state index < -0.39 is 5.97 Å². The number of carbonyl (C=O) groups is 1. The highest BCUT2D eigenvalue weighted by atomic mass is 79.9. The Bertz CT molecular complexity index is 479. The molecule has 0 saturated carbocycles. The standard InChI is InChI=1S/C21H46N.C16H35N.C2H4O2.BrH/c1-5-6-7-8-9-10-11-12-13-14-15-16-17-18-19-20-21-22(2,3)4;1-2-3-4-5-6-7-8-9-10-11-12-13-14-15-16-17;1-2(3)4;/h5-21H2,1-4H3;2-17H2,1H3;1H3,(H,3,4);1H/q+1;;;. The molecule has 0 aromatic heterocycles. The summed E-state index contributed by atoms with van der Waals surface area (Å²) in [6, 6.07) is 0. The lowest BCUT2D eigenvalue weighted by Gasteiger charge is -2.23. The smallest absolute Gasteiger partial charge is 0.300 e. The van der Waals surface area contributed by atoms with E-state index in [2.05, 4.69) is 35.0 Å². The highest BCUT2D eigenvalue weighted by molar-refractivity contribution is 8.93. The number of aliphatic carboxylic acids is 1. The van der Waals surface area contributed by atoms with Crippen molar-refractivity contribution in [3.05, 3.63) is 0 Å². The van der Waals surface area contributed by atoms with Crippen LogP contribution in [-0.2, 0) is 4.79 Å². The Labute approximate surface area is 289 Å². The van der Waals surface area contributed by atoms with Gasteiger partial charge in [-0.05, 0) is 25.8 Å². The molecule has 0 amide bonds. The largest absolute Gasteiger partial charge is 0.481 e. The zero-order valence-corrected chi connectivity index (χ0v) is 33.1. The molecule has 0 saturated heterocycles. The summed E-state index contributed by atoms with van der Waals surface area (Å²) >= 11 is 0. The number of unbranched alkanes of at least 4 members (excludes halogenated alkanes) is 28. The molecule has 0 unspecified atom stereocenters. The first-order valence-electron chi connectivity index (χ1n) is 19.4. The van der Waals surface area contributed by atoms with Crippen LogP contribution in [0.25, 0.3) is 0 Å².